The summed E-state index contributed by atoms with van der Waals surface area (Å²) >= 11 is 0. The number of ether oxygens (including phenoxy) is 1. The number of hydrogen-bond donors (Lipinski definition) is 1. The molecule has 0 aromatic rings. The van der Waals surface area contributed by atoms with E-state index in [0.29, 0.717) is 5.92 Å². The third kappa shape index (κ3) is 2.67. The second-order valence-corrected chi connectivity index (χ2v) is 3.17. The molecule has 60 valence electrons. The first-order valence-corrected chi connectivity index (χ1v) is 4.05. The molecule has 1 saturated heterocycles. The molecule has 0 aliphatic carbocycles. The molecule has 0 saturated carbocycles. The van der Waals surface area contributed by atoms with Crippen molar-refractivity contribution in [1.82, 2.24) is 0 Å². The van der Waals surface area contributed by atoms with Crippen LogP contribution >= 0.6 is 0 Å². The third-order valence-electron chi connectivity index (χ3n) is 1.93. The van der Waals surface area contributed by atoms with Crippen LogP contribution < -0.4 is 0 Å². The first kappa shape index (κ1) is 8.02. The van der Waals surface area contributed by atoms with Gasteiger partial charge in [-0.25, -0.2) is 0 Å². The Morgan fingerprint density at radius 3 is 3.00 bits per heavy atom. The molecule has 0 spiro atoms. The summed E-state index contributed by atoms with van der Waals surface area (Å²) in [7, 11) is 0. The van der Waals surface area contributed by atoms with E-state index in [4.69, 9.17) is 9.84 Å². The molecular weight excluding hydrogens is 128 g/mol. The maximum absolute atomic E-state index is 9.05. The Hall–Kier alpha value is -0.0800. The van der Waals surface area contributed by atoms with Crippen molar-refractivity contribution in [1.29, 1.82) is 0 Å². The average Bonchev–Trinajstić information content (AvgIpc) is 1.88. The van der Waals surface area contributed by atoms with Crippen molar-refractivity contribution < 1.29 is 9.84 Å². The van der Waals surface area contributed by atoms with Crippen molar-refractivity contribution in [3.63, 3.8) is 0 Å². The summed E-state index contributed by atoms with van der Waals surface area (Å²) in [4.78, 5) is 0. The fraction of sp³-hybridized carbons (Fsp3) is 1.00. The maximum Gasteiger partial charge on any atom is 0.0515 e. The van der Waals surface area contributed by atoms with Gasteiger partial charge in [-0.1, -0.05) is 0 Å². The lowest BCUT2D eigenvalue weighted by atomic mass is 9.96. The lowest BCUT2D eigenvalue weighted by molar-refractivity contribution is 0.0326. The zero-order valence-electron chi connectivity index (χ0n) is 6.55. The van der Waals surface area contributed by atoms with E-state index in [1.165, 1.54) is 6.42 Å². The predicted octanol–water partition coefficient (Wildman–Crippen LogP) is 1.18. The predicted molar refractivity (Wildman–Crippen MR) is 39.8 cm³/mol. The molecule has 0 aromatic carbocycles. The van der Waals surface area contributed by atoms with E-state index >= 15 is 0 Å². The molecule has 1 fully saturated rings. The van der Waals surface area contributed by atoms with Gasteiger partial charge in [0.1, 0.15) is 0 Å². The summed E-state index contributed by atoms with van der Waals surface area (Å²) in [6.07, 6.45) is 3.13. The smallest absolute Gasteiger partial charge is 0.0515 e. The normalized spacial score (nSPS) is 30.0. The number of rotatable bonds is 2. The van der Waals surface area contributed by atoms with Crippen molar-refractivity contribution in [3.05, 3.63) is 0 Å². The molecular formula is C8H16O2. The van der Waals surface area contributed by atoms with E-state index in [2.05, 4.69) is 0 Å². The third-order valence-corrected chi connectivity index (χ3v) is 1.93. The molecule has 0 aromatic heterocycles. The largest absolute Gasteiger partial charge is 0.393 e. The molecule has 10 heavy (non-hydrogen) atoms. The van der Waals surface area contributed by atoms with E-state index in [1.54, 1.807) is 0 Å². The fourth-order valence-electron chi connectivity index (χ4n) is 1.48. The quantitative estimate of drug-likeness (QED) is 0.630. The zero-order valence-corrected chi connectivity index (χ0v) is 6.55. The van der Waals surface area contributed by atoms with Gasteiger partial charge in [0, 0.05) is 13.2 Å². The van der Waals surface area contributed by atoms with Gasteiger partial charge >= 0.3 is 0 Å². The number of hydrogen-bond acceptors (Lipinski definition) is 2. The van der Waals surface area contributed by atoms with Crippen molar-refractivity contribution in [2.24, 2.45) is 5.92 Å². The van der Waals surface area contributed by atoms with Gasteiger partial charge in [0.05, 0.1) is 6.10 Å². The highest BCUT2D eigenvalue weighted by molar-refractivity contribution is 4.65. The van der Waals surface area contributed by atoms with Crippen molar-refractivity contribution in [2.45, 2.75) is 32.3 Å². The molecule has 1 rings (SSSR count). The lowest BCUT2D eigenvalue weighted by Gasteiger charge is -2.22. The Morgan fingerprint density at radius 2 is 2.50 bits per heavy atom. The Kier molecular flexibility index (Phi) is 3.16. The molecule has 0 bridgehead atoms. The van der Waals surface area contributed by atoms with Crippen LogP contribution in [-0.2, 0) is 4.74 Å². The van der Waals surface area contributed by atoms with Crippen molar-refractivity contribution in [2.75, 3.05) is 13.2 Å². The second-order valence-electron chi connectivity index (χ2n) is 3.17. The summed E-state index contributed by atoms with van der Waals surface area (Å²) in [6.45, 7) is 3.61. The van der Waals surface area contributed by atoms with Crippen LogP contribution in [0.5, 0.6) is 0 Å². The molecule has 1 N–H and O–H groups in total. The van der Waals surface area contributed by atoms with E-state index in [1.807, 2.05) is 6.92 Å². The monoisotopic (exact) mass is 144 g/mol. The standard InChI is InChI=1S/C8H16O2/c1-7(9)5-8-3-2-4-10-6-8/h7-9H,2-6H2,1H3/t7-,8?/m1/s1. The fourth-order valence-corrected chi connectivity index (χ4v) is 1.48. The minimum absolute atomic E-state index is 0.160. The van der Waals surface area contributed by atoms with E-state index in [9.17, 15) is 0 Å². The van der Waals surface area contributed by atoms with Crippen LogP contribution in [0.2, 0.25) is 0 Å². The molecule has 1 aliphatic rings. The van der Waals surface area contributed by atoms with E-state index in [0.717, 1.165) is 26.1 Å². The van der Waals surface area contributed by atoms with Crippen LogP contribution in [0, 0.1) is 5.92 Å². The SMILES string of the molecule is C[C@@H](O)CC1CCCOC1. The summed E-state index contributed by atoms with van der Waals surface area (Å²) in [5.74, 6) is 0.605. The zero-order chi connectivity index (χ0) is 7.40. The summed E-state index contributed by atoms with van der Waals surface area (Å²) in [6, 6.07) is 0. The van der Waals surface area contributed by atoms with Crippen LogP contribution in [-0.4, -0.2) is 24.4 Å². The molecule has 1 heterocycles. The topological polar surface area (TPSA) is 29.5 Å². The second kappa shape index (κ2) is 3.94. The van der Waals surface area contributed by atoms with Crippen LogP contribution in [0.25, 0.3) is 0 Å². The van der Waals surface area contributed by atoms with Crippen LogP contribution in [0.15, 0.2) is 0 Å². The van der Waals surface area contributed by atoms with Gasteiger partial charge in [-0.2, -0.15) is 0 Å². The minimum atomic E-state index is -0.160. The van der Waals surface area contributed by atoms with Gasteiger partial charge < -0.3 is 9.84 Å². The van der Waals surface area contributed by atoms with Gasteiger partial charge in [-0.05, 0) is 32.1 Å². The maximum atomic E-state index is 9.05. The molecule has 2 heteroatoms. The van der Waals surface area contributed by atoms with Gasteiger partial charge in [0.15, 0.2) is 0 Å². The van der Waals surface area contributed by atoms with E-state index in [-0.39, 0.29) is 6.10 Å². The molecule has 1 unspecified atom stereocenters. The summed E-state index contributed by atoms with van der Waals surface area (Å²) < 4.78 is 5.27. The summed E-state index contributed by atoms with van der Waals surface area (Å²) in [5.41, 5.74) is 0. The van der Waals surface area contributed by atoms with Crippen LogP contribution in [0.4, 0.5) is 0 Å². The van der Waals surface area contributed by atoms with Gasteiger partial charge in [0.2, 0.25) is 0 Å². The molecule has 1 aliphatic heterocycles. The van der Waals surface area contributed by atoms with Gasteiger partial charge in [-0.3, -0.25) is 0 Å². The van der Waals surface area contributed by atoms with Crippen molar-refractivity contribution >= 4 is 0 Å². The van der Waals surface area contributed by atoms with Crippen LogP contribution in [0.3, 0.4) is 0 Å². The average molecular weight is 144 g/mol. The molecule has 2 atom stereocenters. The molecule has 0 amide bonds. The van der Waals surface area contributed by atoms with E-state index < -0.39 is 0 Å². The minimum Gasteiger partial charge on any atom is -0.393 e. The lowest BCUT2D eigenvalue weighted by Crippen LogP contribution is -2.20. The number of aliphatic hydroxyl groups excluding tert-OH is 1. The highest BCUT2D eigenvalue weighted by Gasteiger charge is 2.15. The summed E-state index contributed by atoms with van der Waals surface area (Å²) in [5, 5.41) is 9.05. The number of aliphatic hydroxyl groups is 1. The van der Waals surface area contributed by atoms with Crippen LogP contribution in [0.1, 0.15) is 26.2 Å². The van der Waals surface area contributed by atoms with Gasteiger partial charge in [0.25, 0.3) is 0 Å². The Balaban J connectivity index is 2.13. The van der Waals surface area contributed by atoms with Gasteiger partial charge in [-0.15, -0.1) is 0 Å². The first-order valence-electron chi connectivity index (χ1n) is 4.05. The molecule has 2 nitrogen and oxygen atoms in total. The Bertz CT molecular complexity index is 85.3. The first-order chi connectivity index (χ1) is 4.79. The Morgan fingerprint density at radius 1 is 1.70 bits per heavy atom. The van der Waals surface area contributed by atoms with Crippen molar-refractivity contribution in [3.8, 4) is 0 Å². The Labute approximate surface area is 62.2 Å². The highest BCUT2D eigenvalue weighted by Crippen LogP contribution is 2.18. The highest BCUT2D eigenvalue weighted by atomic mass is 16.5. The molecule has 0 radical (unpaired) electrons.